The zero-order chi connectivity index (χ0) is 23.8. The fourth-order valence-corrected chi connectivity index (χ4v) is 4.48. The molecule has 0 aromatic rings. The molecule has 1 aliphatic rings. The Morgan fingerprint density at radius 2 is 1.69 bits per heavy atom. The number of aliphatic hydroxyl groups is 1. The van der Waals surface area contributed by atoms with Gasteiger partial charge in [0.05, 0.1) is 12.2 Å². The molecule has 5 heteroatoms. The van der Waals surface area contributed by atoms with E-state index in [1.54, 1.807) is 0 Å². The van der Waals surface area contributed by atoms with Crippen LogP contribution in [0, 0.1) is 11.8 Å². The minimum Gasteiger partial charge on any atom is -0.463 e. The van der Waals surface area contributed by atoms with Gasteiger partial charge < -0.3 is 9.84 Å². The summed E-state index contributed by atoms with van der Waals surface area (Å²) in [5.41, 5.74) is 0. The highest BCUT2D eigenvalue weighted by molar-refractivity contribution is 5.84. The topological polar surface area (TPSA) is 80.7 Å². The third-order valence-electron chi connectivity index (χ3n) is 6.33. The first kappa shape index (κ1) is 28.5. The average Bonchev–Trinajstić information content (AvgIpc) is 3.00. The van der Waals surface area contributed by atoms with Gasteiger partial charge in [-0.2, -0.15) is 0 Å². The van der Waals surface area contributed by atoms with Crippen molar-refractivity contribution in [2.45, 2.75) is 129 Å². The van der Waals surface area contributed by atoms with Crippen LogP contribution >= 0.6 is 0 Å². The Bertz CT molecular complexity index is 581. The molecule has 0 spiro atoms. The van der Waals surface area contributed by atoms with Gasteiger partial charge in [-0.15, -0.1) is 0 Å². The highest BCUT2D eigenvalue weighted by atomic mass is 16.5. The van der Waals surface area contributed by atoms with Crippen molar-refractivity contribution < 1.29 is 24.2 Å². The van der Waals surface area contributed by atoms with Crippen LogP contribution in [-0.4, -0.2) is 34.9 Å². The summed E-state index contributed by atoms with van der Waals surface area (Å²) in [7, 11) is 0. The van der Waals surface area contributed by atoms with Crippen LogP contribution in [-0.2, 0) is 19.1 Å². The Morgan fingerprint density at radius 1 is 1.00 bits per heavy atom. The molecule has 1 rings (SSSR count). The highest BCUT2D eigenvalue weighted by Gasteiger charge is 2.40. The van der Waals surface area contributed by atoms with Crippen molar-refractivity contribution in [1.82, 2.24) is 0 Å². The molecule has 0 bridgehead atoms. The van der Waals surface area contributed by atoms with E-state index in [0.717, 1.165) is 38.5 Å². The molecule has 1 saturated carbocycles. The number of rotatable bonds is 18. The molecule has 1 N–H and O–H groups in total. The van der Waals surface area contributed by atoms with E-state index in [-0.39, 0.29) is 41.9 Å². The molecule has 0 aromatic carbocycles. The highest BCUT2D eigenvalue weighted by Crippen LogP contribution is 2.35. The van der Waals surface area contributed by atoms with E-state index >= 15 is 0 Å². The fraction of sp³-hybridized carbons (Fsp3) is 0.815. The molecule has 0 aliphatic heterocycles. The smallest absolute Gasteiger partial charge is 0.306 e. The SMILES string of the molecule is CCCCCCCC(=O)CC[C@H]1[C@H](O)CC(=O)[C@@H]1CC=CCCCCCC(=O)OC(C)C. The van der Waals surface area contributed by atoms with Gasteiger partial charge in [0.25, 0.3) is 0 Å². The van der Waals surface area contributed by atoms with Crippen molar-refractivity contribution >= 4 is 17.5 Å². The molecular weight excluding hydrogens is 404 g/mol. The maximum absolute atomic E-state index is 12.3. The Balaban J connectivity index is 2.24. The molecule has 0 unspecified atom stereocenters. The van der Waals surface area contributed by atoms with Gasteiger partial charge in [0, 0.05) is 31.6 Å². The van der Waals surface area contributed by atoms with Crippen LogP contribution in [0.1, 0.15) is 117 Å². The lowest BCUT2D eigenvalue weighted by molar-refractivity contribution is -0.147. The molecule has 0 saturated heterocycles. The van der Waals surface area contributed by atoms with Crippen LogP contribution in [0.3, 0.4) is 0 Å². The first-order valence-electron chi connectivity index (χ1n) is 12.9. The van der Waals surface area contributed by atoms with Gasteiger partial charge >= 0.3 is 5.97 Å². The number of ether oxygens (including phenoxy) is 1. The van der Waals surface area contributed by atoms with Gasteiger partial charge in [-0.1, -0.05) is 51.2 Å². The second-order valence-electron chi connectivity index (χ2n) is 9.59. The van der Waals surface area contributed by atoms with Crippen LogP contribution in [0.25, 0.3) is 0 Å². The summed E-state index contributed by atoms with van der Waals surface area (Å²) in [5, 5.41) is 10.3. The van der Waals surface area contributed by atoms with E-state index in [1.807, 2.05) is 13.8 Å². The summed E-state index contributed by atoms with van der Waals surface area (Å²) in [6, 6.07) is 0. The number of aliphatic hydroxyl groups excluding tert-OH is 1. The van der Waals surface area contributed by atoms with Gasteiger partial charge in [-0.05, 0) is 58.3 Å². The molecule has 1 fully saturated rings. The largest absolute Gasteiger partial charge is 0.463 e. The van der Waals surface area contributed by atoms with Crippen LogP contribution < -0.4 is 0 Å². The summed E-state index contributed by atoms with van der Waals surface area (Å²) in [6.07, 6.45) is 16.0. The quantitative estimate of drug-likeness (QED) is 0.155. The van der Waals surface area contributed by atoms with Gasteiger partial charge in [-0.25, -0.2) is 0 Å². The van der Waals surface area contributed by atoms with Crippen molar-refractivity contribution in [3.8, 4) is 0 Å². The second-order valence-corrected chi connectivity index (χ2v) is 9.59. The Kier molecular flexibility index (Phi) is 15.2. The summed E-state index contributed by atoms with van der Waals surface area (Å²) in [6.45, 7) is 5.89. The zero-order valence-electron chi connectivity index (χ0n) is 20.7. The number of ketones is 2. The molecule has 3 atom stereocenters. The van der Waals surface area contributed by atoms with Crippen molar-refractivity contribution in [3.63, 3.8) is 0 Å². The summed E-state index contributed by atoms with van der Waals surface area (Å²) < 4.78 is 5.12. The fourth-order valence-electron chi connectivity index (χ4n) is 4.48. The molecule has 0 amide bonds. The minimum atomic E-state index is -0.608. The van der Waals surface area contributed by atoms with Gasteiger partial charge in [0.2, 0.25) is 0 Å². The van der Waals surface area contributed by atoms with E-state index in [1.165, 1.54) is 19.3 Å². The molecule has 0 aromatic heterocycles. The Labute approximate surface area is 195 Å². The van der Waals surface area contributed by atoms with Crippen LogP contribution in [0.15, 0.2) is 12.2 Å². The normalized spacial score (nSPS) is 21.0. The molecule has 0 radical (unpaired) electrons. The number of esters is 1. The monoisotopic (exact) mass is 450 g/mol. The van der Waals surface area contributed by atoms with E-state index < -0.39 is 6.10 Å². The number of carbonyl (C=O) groups excluding carboxylic acids is 3. The predicted octanol–water partition coefficient (Wildman–Crippen LogP) is 6.11. The number of allylic oxidation sites excluding steroid dienone is 2. The van der Waals surface area contributed by atoms with Crippen molar-refractivity contribution in [3.05, 3.63) is 12.2 Å². The number of hydrogen-bond donors (Lipinski definition) is 1. The lowest BCUT2D eigenvalue weighted by Gasteiger charge is -2.19. The standard InChI is InChI=1S/C27H46O5/c1-4-5-6-9-12-15-22(28)18-19-24-23(25(29)20-26(24)30)16-13-10-7-8-11-14-17-27(31)32-21(2)3/h10,13,21,23-24,26,30H,4-9,11-12,14-20H2,1-3H3/t23-,24-,26-/m1/s1. The zero-order valence-corrected chi connectivity index (χ0v) is 20.7. The Morgan fingerprint density at radius 3 is 2.41 bits per heavy atom. The van der Waals surface area contributed by atoms with Crippen LogP contribution in [0.5, 0.6) is 0 Å². The third kappa shape index (κ3) is 12.5. The molecular formula is C27H46O5. The van der Waals surface area contributed by atoms with E-state index in [0.29, 0.717) is 32.1 Å². The molecule has 1 aliphatic carbocycles. The molecule has 32 heavy (non-hydrogen) atoms. The average molecular weight is 451 g/mol. The second kappa shape index (κ2) is 17.0. The molecule has 0 heterocycles. The third-order valence-corrected chi connectivity index (χ3v) is 6.33. The first-order chi connectivity index (χ1) is 15.3. The lowest BCUT2D eigenvalue weighted by Crippen LogP contribution is -2.21. The van der Waals surface area contributed by atoms with Crippen molar-refractivity contribution in [2.75, 3.05) is 0 Å². The number of hydrogen-bond acceptors (Lipinski definition) is 5. The molecule has 184 valence electrons. The summed E-state index contributed by atoms with van der Waals surface area (Å²) in [4.78, 5) is 36.0. The van der Waals surface area contributed by atoms with Crippen molar-refractivity contribution in [2.24, 2.45) is 11.8 Å². The number of unbranched alkanes of at least 4 members (excludes halogenated alkanes) is 7. The molecule has 5 nitrogen and oxygen atoms in total. The summed E-state index contributed by atoms with van der Waals surface area (Å²) >= 11 is 0. The Hall–Kier alpha value is -1.49. The van der Waals surface area contributed by atoms with Crippen molar-refractivity contribution in [1.29, 1.82) is 0 Å². The maximum Gasteiger partial charge on any atom is 0.306 e. The van der Waals surface area contributed by atoms with E-state index in [9.17, 15) is 19.5 Å². The summed E-state index contributed by atoms with van der Waals surface area (Å²) in [5.74, 6) is 0.00451. The van der Waals surface area contributed by atoms with Crippen LogP contribution in [0.4, 0.5) is 0 Å². The van der Waals surface area contributed by atoms with Gasteiger partial charge in [-0.3, -0.25) is 14.4 Å². The van der Waals surface area contributed by atoms with Crippen LogP contribution in [0.2, 0.25) is 0 Å². The van der Waals surface area contributed by atoms with Gasteiger partial charge in [0.1, 0.15) is 11.6 Å². The number of carbonyl (C=O) groups is 3. The first-order valence-corrected chi connectivity index (χ1v) is 12.9. The predicted molar refractivity (Wildman–Crippen MR) is 128 cm³/mol. The maximum atomic E-state index is 12.3. The lowest BCUT2D eigenvalue weighted by atomic mass is 9.86. The van der Waals surface area contributed by atoms with Gasteiger partial charge in [0.15, 0.2) is 0 Å². The minimum absolute atomic E-state index is 0.0558. The van der Waals surface area contributed by atoms with E-state index in [2.05, 4.69) is 19.1 Å². The number of Topliss-reactive ketones (excluding diaryl/α,β-unsaturated/α-hetero) is 2. The van der Waals surface area contributed by atoms with E-state index in [4.69, 9.17) is 4.74 Å².